The van der Waals surface area contributed by atoms with Crippen LogP contribution in [0.5, 0.6) is 0 Å². The van der Waals surface area contributed by atoms with Gasteiger partial charge in [0.1, 0.15) is 6.04 Å². The monoisotopic (exact) mass is 244 g/mol. The van der Waals surface area contributed by atoms with Crippen molar-refractivity contribution in [2.24, 2.45) is 27.9 Å². The van der Waals surface area contributed by atoms with E-state index in [0.717, 1.165) is 0 Å². The van der Waals surface area contributed by atoms with Gasteiger partial charge in [-0.05, 0) is 19.8 Å². The van der Waals surface area contributed by atoms with Gasteiger partial charge in [-0.25, -0.2) is 0 Å². The summed E-state index contributed by atoms with van der Waals surface area (Å²) in [5.41, 5.74) is 20.9. The number of guanidine groups is 1. The molecule has 0 saturated carbocycles. The molecule has 98 valence electrons. The SMILES string of the molecule is CC(NC(=O)C(N)CCCN=C(N)N)C(N)=O. The highest BCUT2D eigenvalue weighted by molar-refractivity contribution is 5.88. The number of nitrogens with zero attached hydrogens (tertiary/aromatic N) is 1. The maximum absolute atomic E-state index is 11.5. The summed E-state index contributed by atoms with van der Waals surface area (Å²) in [5.74, 6) is -1.02. The van der Waals surface area contributed by atoms with Crippen molar-refractivity contribution in [2.45, 2.75) is 31.8 Å². The molecular weight excluding hydrogens is 224 g/mol. The highest BCUT2D eigenvalue weighted by Gasteiger charge is 2.17. The van der Waals surface area contributed by atoms with Crippen molar-refractivity contribution in [2.75, 3.05) is 6.54 Å². The van der Waals surface area contributed by atoms with Crippen LogP contribution in [0, 0.1) is 0 Å². The van der Waals surface area contributed by atoms with Gasteiger partial charge in [-0.2, -0.15) is 0 Å². The number of nitrogens with two attached hydrogens (primary N) is 4. The van der Waals surface area contributed by atoms with Crippen molar-refractivity contribution in [3.63, 3.8) is 0 Å². The molecule has 8 heteroatoms. The van der Waals surface area contributed by atoms with E-state index in [1.54, 1.807) is 0 Å². The zero-order chi connectivity index (χ0) is 13.4. The first-order chi connectivity index (χ1) is 7.84. The van der Waals surface area contributed by atoms with Gasteiger partial charge in [0.25, 0.3) is 0 Å². The van der Waals surface area contributed by atoms with Gasteiger partial charge in [0.05, 0.1) is 6.04 Å². The summed E-state index contributed by atoms with van der Waals surface area (Å²) in [5, 5.41) is 2.41. The van der Waals surface area contributed by atoms with Gasteiger partial charge in [0.2, 0.25) is 11.8 Å². The van der Waals surface area contributed by atoms with E-state index in [1.165, 1.54) is 6.92 Å². The highest BCUT2D eigenvalue weighted by Crippen LogP contribution is 1.96. The fourth-order valence-corrected chi connectivity index (χ4v) is 1.04. The van der Waals surface area contributed by atoms with Crippen molar-refractivity contribution in [3.8, 4) is 0 Å². The standard InChI is InChI=1S/C9H20N6O2/c1-5(7(11)16)15-8(17)6(10)3-2-4-14-9(12)13/h5-6H,2-4,10H2,1H3,(H2,11,16)(H,15,17)(H4,12,13,14). The maximum atomic E-state index is 11.5. The van der Waals surface area contributed by atoms with Crippen molar-refractivity contribution >= 4 is 17.8 Å². The number of primary amides is 1. The first-order valence-electron chi connectivity index (χ1n) is 5.25. The molecule has 17 heavy (non-hydrogen) atoms. The van der Waals surface area contributed by atoms with E-state index >= 15 is 0 Å². The minimum atomic E-state index is -0.730. The number of rotatable bonds is 7. The molecule has 0 heterocycles. The normalized spacial score (nSPS) is 13.5. The Bertz CT molecular complexity index is 300. The first kappa shape index (κ1) is 15.2. The lowest BCUT2D eigenvalue weighted by Gasteiger charge is -2.14. The Balaban J connectivity index is 3.90. The Hall–Kier alpha value is -1.83. The first-order valence-corrected chi connectivity index (χ1v) is 5.25. The van der Waals surface area contributed by atoms with Crippen LogP contribution in [0.4, 0.5) is 0 Å². The average Bonchev–Trinajstić information content (AvgIpc) is 2.23. The molecule has 2 unspecified atom stereocenters. The number of carbonyl (C=O) groups excluding carboxylic acids is 2. The molecule has 0 aromatic rings. The second kappa shape index (κ2) is 7.44. The Morgan fingerprint density at radius 2 is 1.88 bits per heavy atom. The minimum Gasteiger partial charge on any atom is -0.370 e. The van der Waals surface area contributed by atoms with Crippen molar-refractivity contribution in [1.29, 1.82) is 0 Å². The van der Waals surface area contributed by atoms with Crippen LogP contribution in [0.25, 0.3) is 0 Å². The summed E-state index contributed by atoms with van der Waals surface area (Å²) in [6.45, 7) is 1.90. The molecule has 0 bridgehead atoms. The predicted molar refractivity (Wildman–Crippen MR) is 64.7 cm³/mol. The molecule has 0 rings (SSSR count). The van der Waals surface area contributed by atoms with Crippen LogP contribution in [0.1, 0.15) is 19.8 Å². The summed E-state index contributed by atoms with van der Waals surface area (Å²) in [4.78, 5) is 25.9. The van der Waals surface area contributed by atoms with E-state index in [2.05, 4.69) is 10.3 Å². The maximum Gasteiger partial charge on any atom is 0.239 e. The van der Waals surface area contributed by atoms with Crippen LogP contribution in [0.3, 0.4) is 0 Å². The van der Waals surface area contributed by atoms with Crippen molar-refractivity contribution < 1.29 is 9.59 Å². The van der Waals surface area contributed by atoms with Crippen molar-refractivity contribution in [1.82, 2.24) is 5.32 Å². The molecule has 0 spiro atoms. The van der Waals surface area contributed by atoms with Gasteiger partial charge < -0.3 is 28.3 Å². The molecule has 0 saturated heterocycles. The zero-order valence-corrected chi connectivity index (χ0v) is 9.85. The largest absolute Gasteiger partial charge is 0.370 e. The van der Waals surface area contributed by atoms with Crippen LogP contribution in [-0.4, -0.2) is 36.4 Å². The van der Waals surface area contributed by atoms with Gasteiger partial charge in [-0.3, -0.25) is 14.6 Å². The Kier molecular flexibility index (Phi) is 6.64. The molecular formula is C9H20N6O2. The van der Waals surface area contributed by atoms with Crippen molar-refractivity contribution in [3.05, 3.63) is 0 Å². The highest BCUT2D eigenvalue weighted by atomic mass is 16.2. The Morgan fingerprint density at radius 3 is 2.35 bits per heavy atom. The summed E-state index contributed by atoms with van der Waals surface area (Å²) < 4.78 is 0. The lowest BCUT2D eigenvalue weighted by molar-refractivity contribution is -0.127. The van der Waals surface area contributed by atoms with Gasteiger partial charge in [0, 0.05) is 6.54 Å². The van der Waals surface area contributed by atoms with Crippen LogP contribution < -0.4 is 28.3 Å². The van der Waals surface area contributed by atoms with Gasteiger partial charge in [-0.1, -0.05) is 0 Å². The van der Waals surface area contributed by atoms with E-state index in [9.17, 15) is 9.59 Å². The number of hydrogen-bond acceptors (Lipinski definition) is 4. The third kappa shape index (κ3) is 7.12. The van der Waals surface area contributed by atoms with Crippen LogP contribution >= 0.6 is 0 Å². The second-order valence-corrected chi connectivity index (χ2v) is 3.69. The quantitative estimate of drug-likeness (QED) is 0.187. The molecule has 0 aromatic carbocycles. The second-order valence-electron chi connectivity index (χ2n) is 3.69. The Morgan fingerprint density at radius 1 is 1.29 bits per heavy atom. The van der Waals surface area contributed by atoms with Crippen LogP contribution in [0.15, 0.2) is 4.99 Å². The third-order valence-corrected chi connectivity index (χ3v) is 2.09. The summed E-state index contributed by atoms with van der Waals surface area (Å²) in [6.07, 6.45) is 1.01. The summed E-state index contributed by atoms with van der Waals surface area (Å²) in [7, 11) is 0. The molecule has 8 nitrogen and oxygen atoms in total. The lowest BCUT2D eigenvalue weighted by Crippen LogP contribution is -2.49. The minimum absolute atomic E-state index is 0.00498. The fraction of sp³-hybridized carbons (Fsp3) is 0.667. The molecule has 2 atom stereocenters. The van der Waals surface area contributed by atoms with E-state index < -0.39 is 23.9 Å². The predicted octanol–water partition coefficient (Wildman–Crippen LogP) is -2.64. The molecule has 0 aromatic heterocycles. The zero-order valence-electron chi connectivity index (χ0n) is 9.85. The van der Waals surface area contributed by atoms with E-state index in [1.807, 2.05) is 0 Å². The molecule has 0 aliphatic carbocycles. The molecule has 0 radical (unpaired) electrons. The molecule has 0 fully saturated rings. The smallest absolute Gasteiger partial charge is 0.239 e. The molecule has 0 aliphatic heterocycles. The number of carbonyl (C=O) groups is 2. The van der Waals surface area contributed by atoms with Crippen LogP contribution in [-0.2, 0) is 9.59 Å². The average molecular weight is 244 g/mol. The third-order valence-electron chi connectivity index (χ3n) is 2.09. The van der Waals surface area contributed by atoms with E-state index in [4.69, 9.17) is 22.9 Å². The summed E-state index contributed by atoms with van der Waals surface area (Å²) >= 11 is 0. The van der Waals surface area contributed by atoms with Gasteiger partial charge in [0.15, 0.2) is 5.96 Å². The summed E-state index contributed by atoms with van der Waals surface area (Å²) in [6, 6.07) is -1.43. The topological polar surface area (TPSA) is 163 Å². The lowest BCUT2D eigenvalue weighted by atomic mass is 10.1. The van der Waals surface area contributed by atoms with Gasteiger partial charge >= 0.3 is 0 Å². The number of nitrogens with one attached hydrogen (secondary N) is 1. The number of aliphatic imine (C=N–C) groups is 1. The number of hydrogen-bond donors (Lipinski definition) is 5. The molecule has 2 amide bonds. The number of amides is 2. The molecule has 9 N–H and O–H groups in total. The molecule has 0 aliphatic rings. The van der Waals surface area contributed by atoms with Crippen LogP contribution in [0.2, 0.25) is 0 Å². The fourth-order valence-electron chi connectivity index (χ4n) is 1.04. The van der Waals surface area contributed by atoms with E-state index in [-0.39, 0.29) is 5.96 Å². The van der Waals surface area contributed by atoms with E-state index in [0.29, 0.717) is 19.4 Å². The Labute approximate surface area is 99.8 Å². The van der Waals surface area contributed by atoms with Gasteiger partial charge in [-0.15, -0.1) is 0 Å².